The van der Waals surface area contributed by atoms with E-state index in [0.717, 1.165) is 9.79 Å². The number of pyridine rings is 1. The molecular formula is C20H14Cl3N3O3S. The summed E-state index contributed by atoms with van der Waals surface area (Å²) in [5.74, 6) is -1.49. The van der Waals surface area contributed by atoms with E-state index in [9.17, 15) is 9.59 Å². The number of para-hydroxylation sites is 1. The summed E-state index contributed by atoms with van der Waals surface area (Å²) in [7, 11) is 0. The first kappa shape index (κ1) is 22.2. The van der Waals surface area contributed by atoms with Crippen LogP contribution in [0.25, 0.3) is 0 Å². The predicted molar refractivity (Wildman–Crippen MR) is 120 cm³/mol. The number of nitrogens with zero attached hydrogens (tertiary/aromatic N) is 1. The van der Waals surface area contributed by atoms with Gasteiger partial charge in [0.05, 0.1) is 16.4 Å². The Hall–Kier alpha value is -2.45. The van der Waals surface area contributed by atoms with Gasteiger partial charge in [-0.1, -0.05) is 76.9 Å². The molecule has 30 heavy (non-hydrogen) atoms. The molecule has 0 saturated heterocycles. The molecular weight excluding hydrogens is 469 g/mol. The third-order valence-corrected chi connectivity index (χ3v) is 5.95. The van der Waals surface area contributed by atoms with Crippen LogP contribution in [0.15, 0.2) is 64.4 Å². The summed E-state index contributed by atoms with van der Waals surface area (Å²) in [6, 6.07) is 17.0. The van der Waals surface area contributed by atoms with Crippen molar-refractivity contribution in [2.45, 2.75) is 9.79 Å². The van der Waals surface area contributed by atoms with E-state index in [1.807, 2.05) is 42.5 Å². The molecule has 0 aliphatic rings. The maximum Gasteiger partial charge on any atom is 0.359 e. The molecule has 0 atom stereocenters. The number of nitrogen functional groups attached to an aromatic ring is 1. The molecule has 10 heteroatoms. The van der Waals surface area contributed by atoms with Crippen molar-refractivity contribution in [2.75, 3.05) is 17.7 Å². The number of ether oxygens (including phenoxy) is 1. The van der Waals surface area contributed by atoms with Crippen LogP contribution >= 0.6 is 46.6 Å². The number of anilines is 2. The van der Waals surface area contributed by atoms with Crippen LogP contribution < -0.4 is 11.1 Å². The average Bonchev–Trinajstić information content (AvgIpc) is 2.75. The van der Waals surface area contributed by atoms with Gasteiger partial charge in [-0.25, -0.2) is 9.78 Å². The number of benzene rings is 2. The number of esters is 1. The predicted octanol–water partition coefficient (Wildman–Crippen LogP) is 5.57. The lowest BCUT2D eigenvalue weighted by Gasteiger charge is -2.12. The number of rotatable bonds is 6. The zero-order valence-corrected chi connectivity index (χ0v) is 18.3. The minimum absolute atomic E-state index is 0.0662. The molecule has 6 nitrogen and oxygen atoms in total. The molecule has 1 aromatic heterocycles. The Balaban J connectivity index is 1.65. The van der Waals surface area contributed by atoms with Gasteiger partial charge in [-0.05, 0) is 24.3 Å². The number of amides is 1. The summed E-state index contributed by atoms with van der Waals surface area (Å²) in [6.07, 6.45) is 0. The lowest BCUT2D eigenvalue weighted by atomic mass is 10.3. The van der Waals surface area contributed by atoms with Crippen molar-refractivity contribution >= 4 is 69.8 Å². The quantitative estimate of drug-likeness (QED) is 0.352. The number of hydrogen-bond donors (Lipinski definition) is 2. The summed E-state index contributed by atoms with van der Waals surface area (Å²) >= 11 is 19.1. The Morgan fingerprint density at radius 2 is 1.67 bits per heavy atom. The Morgan fingerprint density at radius 3 is 2.40 bits per heavy atom. The molecule has 0 bridgehead atoms. The number of carbonyl (C=O) groups excluding carboxylic acids is 2. The molecule has 2 aromatic carbocycles. The van der Waals surface area contributed by atoms with Crippen LogP contribution in [-0.4, -0.2) is 23.5 Å². The number of nitrogens with one attached hydrogen (secondary N) is 1. The van der Waals surface area contributed by atoms with Crippen molar-refractivity contribution in [2.24, 2.45) is 0 Å². The fourth-order valence-corrected chi connectivity index (χ4v) is 3.83. The van der Waals surface area contributed by atoms with Gasteiger partial charge in [0, 0.05) is 9.79 Å². The summed E-state index contributed by atoms with van der Waals surface area (Å²) in [5.41, 5.74) is 5.85. The van der Waals surface area contributed by atoms with Crippen LogP contribution in [0.2, 0.25) is 15.2 Å². The van der Waals surface area contributed by atoms with E-state index in [0.29, 0.717) is 5.69 Å². The van der Waals surface area contributed by atoms with Gasteiger partial charge in [0.25, 0.3) is 5.91 Å². The second-order valence-corrected chi connectivity index (χ2v) is 8.06. The van der Waals surface area contributed by atoms with Crippen LogP contribution in [-0.2, 0) is 9.53 Å². The number of aromatic nitrogens is 1. The molecule has 3 rings (SSSR count). The fraction of sp³-hybridized carbons (Fsp3) is 0.0500. The topological polar surface area (TPSA) is 94.3 Å². The molecule has 0 radical (unpaired) electrons. The molecule has 0 spiro atoms. The summed E-state index contributed by atoms with van der Waals surface area (Å²) in [4.78, 5) is 30.2. The van der Waals surface area contributed by atoms with Gasteiger partial charge in [-0.3, -0.25) is 4.79 Å². The highest BCUT2D eigenvalue weighted by atomic mass is 35.5. The zero-order valence-electron chi connectivity index (χ0n) is 15.2. The van der Waals surface area contributed by atoms with Crippen LogP contribution in [0.3, 0.4) is 0 Å². The molecule has 3 N–H and O–H groups in total. The minimum Gasteiger partial charge on any atom is -0.451 e. The van der Waals surface area contributed by atoms with Gasteiger partial charge in [0.2, 0.25) is 0 Å². The highest BCUT2D eigenvalue weighted by Crippen LogP contribution is 2.35. The lowest BCUT2D eigenvalue weighted by molar-refractivity contribution is -0.119. The second kappa shape index (κ2) is 10.0. The third kappa shape index (κ3) is 5.37. The monoisotopic (exact) mass is 481 g/mol. The number of hydrogen-bond acceptors (Lipinski definition) is 6. The first-order valence-electron chi connectivity index (χ1n) is 8.45. The zero-order chi connectivity index (χ0) is 21.7. The van der Waals surface area contributed by atoms with Crippen molar-refractivity contribution in [3.05, 3.63) is 75.5 Å². The third-order valence-electron chi connectivity index (χ3n) is 3.73. The van der Waals surface area contributed by atoms with Crippen molar-refractivity contribution < 1.29 is 14.3 Å². The van der Waals surface area contributed by atoms with Crippen LogP contribution in [0.5, 0.6) is 0 Å². The molecule has 0 aliphatic carbocycles. The smallest absolute Gasteiger partial charge is 0.359 e. The highest BCUT2D eigenvalue weighted by molar-refractivity contribution is 7.99. The SMILES string of the molecule is Nc1c(Cl)c(Cl)nc(C(=O)OCC(=O)Nc2ccccc2Sc2ccccc2)c1Cl. The highest BCUT2D eigenvalue weighted by Gasteiger charge is 2.22. The lowest BCUT2D eigenvalue weighted by Crippen LogP contribution is -2.22. The van der Waals surface area contributed by atoms with Crippen LogP contribution in [0, 0.1) is 0 Å². The van der Waals surface area contributed by atoms with E-state index in [1.165, 1.54) is 11.8 Å². The Labute approximate surface area is 191 Å². The van der Waals surface area contributed by atoms with Crippen LogP contribution in [0.1, 0.15) is 10.5 Å². The Kier molecular flexibility index (Phi) is 7.44. The first-order chi connectivity index (χ1) is 14.4. The van der Waals surface area contributed by atoms with Crippen molar-refractivity contribution in [1.29, 1.82) is 0 Å². The van der Waals surface area contributed by atoms with Gasteiger partial charge >= 0.3 is 5.97 Å². The van der Waals surface area contributed by atoms with E-state index in [2.05, 4.69) is 10.3 Å². The summed E-state index contributed by atoms with van der Waals surface area (Å²) in [5, 5.41) is 2.27. The molecule has 3 aromatic rings. The number of nitrogens with two attached hydrogens (primary N) is 1. The molecule has 1 heterocycles. The molecule has 0 aliphatic heterocycles. The maximum absolute atomic E-state index is 12.3. The van der Waals surface area contributed by atoms with Gasteiger partial charge in [-0.15, -0.1) is 0 Å². The van der Waals surface area contributed by atoms with E-state index in [-0.39, 0.29) is 26.6 Å². The number of carbonyl (C=O) groups is 2. The van der Waals surface area contributed by atoms with Gasteiger partial charge in [-0.2, -0.15) is 0 Å². The summed E-state index contributed by atoms with van der Waals surface area (Å²) < 4.78 is 4.99. The first-order valence-corrected chi connectivity index (χ1v) is 10.4. The van der Waals surface area contributed by atoms with E-state index in [1.54, 1.807) is 12.1 Å². The molecule has 0 unspecified atom stereocenters. The van der Waals surface area contributed by atoms with E-state index < -0.39 is 18.5 Å². The van der Waals surface area contributed by atoms with Gasteiger partial charge < -0.3 is 15.8 Å². The van der Waals surface area contributed by atoms with E-state index >= 15 is 0 Å². The fourth-order valence-electron chi connectivity index (χ4n) is 2.33. The average molecular weight is 483 g/mol. The van der Waals surface area contributed by atoms with Crippen LogP contribution in [0.4, 0.5) is 11.4 Å². The minimum atomic E-state index is -0.952. The van der Waals surface area contributed by atoms with Crippen molar-refractivity contribution in [3.63, 3.8) is 0 Å². The Bertz CT molecular complexity index is 1100. The normalized spacial score (nSPS) is 10.5. The number of halogens is 3. The largest absolute Gasteiger partial charge is 0.451 e. The Morgan fingerprint density at radius 1 is 1.00 bits per heavy atom. The van der Waals surface area contributed by atoms with Crippen molar-refractivity contribution in [1.82, 2.24) is 4.98 Å². The maximum atomic E-state index is 12.3. The van der Waals surface area contributed by atoms with Gasteiger partial charge in [0.1, 0.15) is 5.02 Å². The van der Waals surface area contributed by atoms with Crippen molar-refractivity contribution in [3.8, 4) is 0 Å². The standard InChI is InChI=1S/C20H14Cl3N3O3S/c21-15-17(24)16(22)19(23)26-18(15)20(28)29-10-14(27)25-12-8-4-5-9-13(12)30-11-6-2-1-3-7-11/h1-9H,10H2,(H2,24,26)(H,25,27). The summed E-state index contributed by atoms with van der Waals surface area (Å²) in [6.45, 7) is -0.554. The van der Waals surface area contributed by atoms with Gasteiger partial charge in [0.15, 0.2) is 17.5 Å². The molecule has 0 fully saturated rings. The van der Waals surface area contributed by atoms with E-state index in [4.69, 9.17) is 45.3 Å². The molecule has 0 saturated carbocycles. The molecule has 154 valence electrons. The second-order valence-electron chi connectivity index (χ2n) is 5.83. The molecule has 1 amide bonds.